The number of para-hydroxylation sites is 2. The summed E-state index contributed by atoms with van der Waals surface area (Å²) in [5.74, 6) is -0.653. The SMILES string of the molecule is O=C(Nc1cccc(-c2ccc(/N=C/c3ccc(Cl)s3)c(C(=O)Nc3ccccc3)c2)c1)c1ccccc1/N=C/c1ccc(F)s1. The van der Waals surface area contributed by atoms with Crippen LogP contribution in [0, 0.1) is 5.13 Å². The Kier molecular flexibility index (Phi) is 9.54. The Hall–Kier alpha value is -5.22. The number of anilines is 2. The summed E-state index contributed by atoms with van der Waals surface area (Å²) >= 11 is 8.44. The first-order chi connectivity index (χ1) is 22.4. The maximum absolute atomic E-state index is 13.5. The Morgan fingerprint density at radius 2 is 1.24 bits per heavy atom. The second-order valence-electron chi connectivity index (χ2n) is 9.90. The van der Waals surface area contributed by atoms with E-state index in [2.05, 4.69) is 20.6 Å². The lowest BCUT2D eigenvalue weighted by Crippen LogP contribution is -2.12. The summed E-state index contributed by atoms with van der Waals surface area (Å²) in [6.45, 7) is 0. The fourth-order valence-electron chi connectivity index (χ4n) is 4.54. The van der Waals surface area contributed by atoms with Crippen LogP contribution in [-0.2, 0) is 0 Å². The number of nitrogens with one attached hydrogen (secondary N) is 2. The Bertz CT molecular complexity index is 2090. The molecule has 0 atom stereocenters. The summed E-state index contributed by atoms with van der Waals surface area (Å²) < 4.78 is 14.0. The molecule has 2 N–H and O–H groups in total. The topological polar surface area (TPSA) is 82.9 Å². The van der Waals surface area contributed by atoms with Gasteiger partial charge in [-0.05, 0) is 83.9 Å². The fourth-order valence-corrected chi connectivity index (χ4v) is 6.08. The van der Waals surface area contributed by atoms with Gasteiger partial charge in [-0.15, -0.1) is 22.7 Å². The standard InChI is InChI=1S/C36H24ClFN4O2S2/c37-33-17-14-27(45-33)21-40-32-16-13-24(20-30(32)36(44)41-25-8-2-1-3-9-25)23-7-6-10-26(19-23)42-35(43)29-11-4-5-12-31(29)39-22-28-15-18-34(38)46-28/h1-22H,(H,41,44)(H,42,43)/b39-22+,40-21+. The van der Waals surface area contributed by atoms with Crippen molar-refractivity contribution in [3.05, 3.63) is 152 Å². The van der Waals surface area contributed by atoms with Crippen LogP contribution in [0.5, 0.6) is 0 Å². The van der Waals surface area contributed by atoms with Gasteiger partial charge in [-0.1, -0.05) is 60.1 Å². The number of aliphatic imine (C=N–C) groups is 2. The average Bonchev–Trinajstić information content (AvgIpc) is 3.70. The van der Waals surface area contributed by atoms with Crippen molar-refractivity contribution in [3.63, 3.8) is 0 Å². The zero-order valence-corrected chi connectivity index (χ0v) is 26.4. The van der Waals surface area contributed by atoms with Crippen molar-refractivity contribution >= 4 is 81.3 Å². The van der Waals surface area contributed by atoms with Gasteiger partial charge in [-0.3, -0.25) is 19.6 Å². The van der Waals surface area contributed by atoms with Crippen molar-refractivity contribution in [2.24, 2.45) is 9.98 Å². The molecule has 2 amide bonds. The first-order valence-corrected chi connectivity index (χ1v) is 16.0. The van der Waals surface area contributed by atoms with Crippen LogP contribution in [-0.4, -0.2) is 24.2 Å². The molecule has 6 aromatic rings. The summed E-state index contributed by atoms with van der Waals surface area (Å²) in [6, 6.07) is 35.6. The fraction of sp³-hybridized carbons (Fsp3) is 0. The lowest BCUT2D eigenvalue weighted by Gasteiger charge is -2.12. The maximum atomic E-state index is 13.5. The van der Waals surface area contributed by atoms with Crippen molar-refractivity contribution in [1.29, 1.82) is 0 Å². The van der Waals surface area contributed by atoms with E-state index in [0.29, 0.717) is 43.1 Å². The number of rotatable bonds is 9. The second kappa shape index (κ2) is 14.3. The molecule has 0 radical (unpaired) electrons. The van der Waals surface area contributed by atoms with Crippen LogP contribution in [0.3, 0.4) is 0 Å². The summed E-state index contributed by atoms with van der Waals surface area (Å²) in [7, 11) is 0. The van der Waals surface area contributed by atoms with E-state index < -0.39 is 0 Å². The van der Waals surface area contributed by atoms with Gasteiger partial charge in [-0.2, -0.15) is 4.39 Å². The maximum Gasteiger partial charge on any atom is 0.257 e. The zero-order chi connectivity index (χ0) is 31.9. The van der Waals surface area contributed by atoms with Gasteiger partial charge < -0.3 is 10.6 Å². The number of benzene rings is 4. The second-order valence-corrected chi connectivity index (χ2v) is 12.7. The van der Waals surface area contributed by atoms with E-state index in [1.807, 2.05) is 60.7 Å². The molecule has 2 heterocycles. The minimum atomic E-state index is -0.344. The minimum Gasteiger partial charge on any atom is -0.322 e. The van der Waals surface area contributed by atoms with E-state index in [1.54, 1.807) is 60.8 Å². The minimum absolute atomic E-state index is 0.303. The van der Waals surface area contributed by atoms with Crippen LogP contribution in [0.15, 0.2) is 131 Å². The molecule has 0 aliphatic rings. The number of hydrogen-bond donors (Lipinski definition) is 2. The smallest absolute Gasteiger partial charge is 0.257 e. The Labute approximate surface area is 277 Å². The number of amides is 2. The molecule has 0 fully saturated rings. The molecule has 4 aromatic carbocycles. The molecule has 0 bridgehead atoms. The third-order valence-corrected chi connectivity index (χ3v) is 8.70. The van der Waals surface area contributed by atoms with Crippen molar-refractivity contribution in [2.75, 3.05) is 10.6 Å². The van der Waals surface area contributed by atoms with Crippen LogP contribution in [0.4, 0.5) is 27.1 Å². The summed E-state index contributed by atoms with van der Waals surface area (Å²) in [4.78, 5) is 37.3. The zero-order valence-electron chi connectivity index (χ0n) is 24.0. The molecule has 0 aliphatic heterocycles. The number of thiophene rings is 2. The molecule has 226 valence electrons. The normalized spacial score (nSPS) is 11.3. The van der Waals surface area contributed by atoms with Crippen molar-refractivity contribution in [2.45, 2.75) is 0 Å². The largest absolute Gasteiger partial charge is 0.322 e. The van der Waals surface area contributed by atoms with E-state index in [0.717, 1.165) is 27.3 Å². The van der Waals surface area contributed by atoms with Gasteiger partial charge in [0.25, 0.3) is 11.8 Å². The third kappa shape index (κ3) is 7.70. The molecule has 46 heavy (non-hydrogen) atoms. The molecule has 0 spiro atoms. The molecule has 0 saturated heterocycles. The predicted octanol–water partition coefficient (Wildman–Crippen LogP) is 10.3. The van der Waals surface area contributed by atoms with Gasteiger partial charge in [0, 0.05) is 33.6 Å². The Morgan fingerprint density at radius 3 is 1.98 bits per heavy atom. The van der Waals surface area contributed by atoms with E-state index >= 15 is 0 Å². The van der Waals surface area contributed by atoms with E-state index in [9.17, 15) is 14.0 Å². The monoisotopic (exact) mass is 662 g/mol. The van der Waals surface area contributed by atoms with E-state index in [-0.39, 0.29) is 16.9 Å². The van der Waals surface area contributed by atoms with Crippen LogP contribution < -0.4 is 10.6 Å². The van der Waals surface area contributed by atoms with Crippen LogP contribution in [0.1, 0.15) is 30.5 Å². The predicted molar refractivity (Wildman–Crippen MR) is 189 cm³/mol. The quantitative estimate of drug-likeness (QED) is 0.151. The average molecular weight is 663 g/mol. The van der Waals surface area contributed by atoms with E-state index in [4.69, 9.17) is 11.6 Å². The van der Waals surface area contributed by atoms with Crippen LogP contribution in [0.25, 0.3) is 11.1 Å². The van der Waals surface area contributed by atoms with Crippen LogP contribution in [0.2, 0.25) is 4.34 Å². The Balaban J connectivity index is 1.27. The summed E-state index contributed by atoms with van der Waals surface area (Å²) in [6.07, 6.45) is 3.22. The number of hydrogen-bond acceptors (Lipinski definition) is 6. The molecule has 6 nitrogen and oxygen atoms in total. The molecule has 0 saturated carbocycles. The van der Waals surface area contributed by atoms with Gasteiger partial charge in [0.1, 0.15) is 0 Å². The third-order valence-electron chi connectivity index (χ3n) is 6.73. The van der Waals surface area contributed by atoms with Gasteiger partial charge >= 0.3 is 0 Å². The molecule has 0 unspecified atom stereocenters. The van der Waals surface area contributed by atoms with Crippen molar-refractivity contribution < 1.29 is 14.0 Å². The highest BCUT2D eigenvalue weighted by Crippen LogP contribution is 2.31. The van der Waals surface area contributed by atoms with Crippen molar-refractivity contribution in [1.82, 2.24) is 0 Å². The summed E-state index contributed by atoms with van der Waals surface area (Å²) in [5, 5.41) is 5.59. The van der Waals surface area contributed by atoms with E-state index in [1.165, 1.54) is 23.6 Å². The molecular formula is C36H24ClFN4O2S2. The molecule has 6 rings (SSSR count). The highest BCUT2D eigenvalue weighted by atomic mass is 35.5. The van der Waals surface area contributed by atoms with Crippen LogP contribution >= 0.6 is 34.3 Å². The number of carbonyl (C=O) groups is 2. The number of carbonyl (C=O) groups excluding carboxylic acids is 2. The molecular weight excluding hydrogens is 639 g/mol. The first kappa shape index (κ1) is 30.8. The number of halogens is 2. The van der Waals surface area contributed by atoms with Gasteiger partial charge in [0.2, 0.25) is 0 Å². The molecule has 10 heteroatoms. The molecule has 0 aliphatic carbocycles. The lowest BCUT2D eigenvalue weighted by atomic mass is 10.0. The lowest BCUT2D eigenvalue weighted by molar-refractivity contribution is 0.101. The Morgan fingerprint density at radius 1 is 0.609 bits per heavy atom. The number of nitrogens with zero attached hydrogens (tertiary/aromatic N) is 2. The first-order valence-electron chi connectivity index (χ1n) is 14.0. The van der Waals surface area contributed by atoms with Crippen molar-refractivity contribution in [3.8, 4) is 11.1 Å². The van der Waals surface area contributed by atoms with Gasteiger partial charge in [0.05, 0.1) is 26.8 Å². The van der Waals surface area contributed by atoms with Gasteiger partial charge in [-0.25, -0.2) is 0 Å². The van der Waals surface area contributed by atoms with Gasteiger partial charge in [0.15, 0.2) is 5.13 Å². The highest BCUT2D eigenvalue weighted by molar-refractivity contribution is 7.17. The summed E-state index contributed by atoms with van der Waals surface area (Å²) in [5.41, 5.74) is 4.48. The molecule has 2 aromatic heterocycles. The highest BCUT2D eigenvalue weighted by Gasteiger charge is 2.15.